The van der Waals surface area contributed by atoms with Gasteiger partial charge in [0.2, 0.25) is 0 Å². The average Bonchev–Trinajstić information content (AvgIpc) is 2.39. The fraction of sp³-hybridized carbons (Fsp3) is 0.714. The minimum atomic E-state index is -0.549. The Morgan fingerprint density at radius 3 is 2.61 bits per heavy atom. The molecule has 0 radical (unpaired) electrons. The third kappa shape index (κ3) is 7.08. The average molecular weight is 253 g/mol. The van der Waals surface area contributed by atoms with Crippen LogP contribution in [0, 0.1) is 11.3 Å². The molecule has 0 aromatic carbocycles. The summed E-state index contributed by atoms with van der Waals surface area (Å²) in [4.78, 5) is 11.6. The Labute approximate surface area is 110 Å². The number of carbonyl (C=O) groups excluding carboxylic acids is 1. The van der Waals surface area contributed by atoms with Crippen LogP contribution in [0.2, 0.25) is 0 Å². The predicted molar refractivity (Wildman–Crippen MR) is 69.9 cm³/mol. The van der Waals surface area contributed by atoms with Gasteiger partial charge in [0.25, 0.3) is 0 Å². The van der Waals surface area contributed by atoms with E-state index in [9.17, 15) is 4.79 Å². The number of unbranched alkanes of at least 4 members (excludes halogenated alkanes) is 2. The summed E-state index contributed by atoms with van der Waals surface area (Å²) >= 11 is 0. The quantitative estimate of drug-likeness (QED) is 0.274. The third-order valence-corrected chi connectivity index (χ3v) is 2.50. The molecule has 0 amide bonds. The van der Waals surface area contributed by atoms with E-state index < -0.39 is 5.97 Å². The molecule has 0 fully saturated rings. The van der Waals surface area contributed by atoms with Crippen molar-refractivity contribution in [3.63, 3.8) is 0 Å². The first-order valence-electron chi connectivity index (χ1n) is 6.58. The summed E-state index contributed by atoms with van der Waals surface area (Å²) in [6.07, 6.45) is 5.07. The first-order valence-corrected chi connectivity index (χ1v) is 6.58. The lowest BCUT2D eigenvalue weighted by Gasteiger charge is -2.14. The molecule has 4 heteroatoms. The topological polar surface area (TPSA) is 59.3 Å². The zero-order chi connectivity index (χ0) is 13.8. The van der Waals surface area contributed by atoms with Gasteiger partial charge < -0.3 is 9.47 Å². The highest BCUT2D eigenvalue weighted by Crippen LogP contribution is 2.05. The number of carbonyl (C=O) groups is 1. The Hall–Kier alpha value is -1.34. The second-order valence-corrected chi connectivity index (χ2v) is 3.96. The summed E-state index contributed by atoms with van der Waals surface area (Å²) in [5.74, 6) is -0.549. The Kier molecular flexibility index (Phi) is 9.99. The number of ether oxygens (including phenoxy) is 2. The number of hydrogen-bond acceptors (Lipinski definition) is 4. The van der Waals surface area contributed by atoms with E-state index in [1.165, 1.54) is 0 Å². The summed E-state index contributed by atoms with van der Waals surface area (Å²) < 4.78 is 10.5. The van der Waals surface area contributed by atoms with Crippen LogP contribution in [-0.4, -0.2) is 25.3 Å². The van der Waals surface area contributed by atoms with Crippen LogP contribution in [0.5, 0.6) is 0 Å². The summed E-state index contributed by atoms with van der Waals surface area (Å²) in [5.41, 5.74) is 0.0924. The maximum atomic E-state index is 11.6. The summed E-state index contributed by atoms with van der Waals surface area (Å²) in [7, 11) is 0. The highest BCUT2D eigenvalue weighted by atomic mass is 16.6. The molecule has 4 nitrogen and oxygen atoms in total. The highest BCUT2D eigenvalue weighted by molar-refractivity contribution is 5.92. The van der Waals surface area contributed by atoms with E-state index in [4.69, 9.17) is 14.7 Å². The molecule has 0 aliphatic heterocycles. The standard InChI is InChI=1S/C14H23NO3/c1-4-7-8-9-12(10-15)14(16)18-11-13(5-2)17-6-3/h9,13H,4-8,11H2,1-3H3. The lowest BCUT2D eigenvalue weighted by molar-refractivity contribution is -0.142. The Balaban J connectivity index is 4.19. The van der Waals surface area contributed by atoms with Crippen LogP contribution in [0.4, 0.5) is 0 Å². The second-order valence-electron chi connectivity index (χ2n) is 3.96. The van der Waals surface area contributed by atoms with E-state index in [0.717, 1.165) is 25.7 Å². The first kappa shape index (κ1) is 16.7. The summed E-state index contributed by atoms with van der Waals surface area (Å²) in [6, 6.07) is 1.88. The molecular formula is C14H23NO3. The van der Waals surface area contributed by atoms with Crippen molar-refractivity contribution < 1.29 is 14.3 Å². The number of rotatable bonds is 9. The highest BCUT2D eigenvalue weighted by Gasteiger charge is 2.13. The van der Waals surface area contributed by atoms with Crippen molar-refractivity contribution in [3.8, 4) is 6.07 Å². The molecule has 0 saturated heterocycles. The SMILES string of the molecule is CCCCC=C(C#N)C(=O)OCC(CC)OCC. The molecule has 0 aromatic heterocycles. The van der Waals surface area contributed by atoms with Gasteiger partial charge in [-0.05, 0) is 19.8 Å². The normalized spacial score (nSPS) is 12.9. The molecule has 102 valence electrons. The maximum absolute atomic E-state index is 11.6. The van der Waals surface area contributed by atoms with Gasteiger partial charge in [-0.15, -0.1) is 0 Å². The van der Waals surface area contributed by atoms with Crippen LogP contribution >= 0.6 is 0 Å². The number of esters is 1. The van der Waals surface area contributed by atoms with Gasteiger partial charge >= 0.3 is 5.97 Å². The molecule has 1 unspecified atom stereocenters. The molecule has 0 aliphatic rings. The Morgan fingerprint density at radius 1 is 1.39 bits per heavy atom. The minimum Gasteiger partial charge on any atom is -0.459 e. The fourth-order valence-corrected chi connectivity index (χ4v) is 1.39. The number of hydrogen-bond donors (Lipinski definition) is 0. The molecule has 0 saturated carbocycles. The van der Waals surface area contributed by atoms with Gasteiger partial charge in [0.05, 0.1) is 6.10 Å². The van der Waals surface area contributed by atoms with Crippen LogP contribution < -0.4 is 0 Å². The fourth-order valence-electron chi connectivity index (χ4n) is 1.39. The maximum Gasteiger partial charge on any atom is 0.348 e. The van der Waals surface area contributed by atoms with E-state index in [2.05, 4.69) is 6.92 Å². The van der Waals surface area contributed by atoms with Gasteiger partial charge in [0.15, 0.2) is 0 Å². The van der Waals surface area contributed by atoms with Gasteiger partial charge in [0.1, 0.15) is 18.2 Å². The van der Waals surface area contributed by atoms with Crippen LogP contribution in [0.1, 0.15) is 46.5 Å². The zero-order valence-electron chi connectivity index (χ0n) is 11.6. The van der Waals surface area contributed by atoms with Crippen LogP contribution in [0.3, 0.4) is 0 Å². The van der Waals surface area contributed by atoms with Crippen LogP contribution in [0.15, 0.2) is 11.6 Å². The van der Waals surface area contributed by atoms with Gasteiger partial charge in [-0.25, -0.2) is 4.79 Å². The van der Waals surface area contributed by atoms with Gasteiger partial charge in [-0.3, -0.25) is 0 Å². The summed E-state index contributed by atoms with van der Waals surface area (Å²) in [6.45, 7) is 6.72. The largest absolute Gasteiger partial charge is 0.459 e. The number of nitrogens with zero attached hydrogens (tertiary/aromatic N) is 1. The van der Waals surface area contributed by atoms with E-state index >= 15 is 0 Å². The predicted octanol–water partition coefficient (Wildman–Crippen LogP) is 2.98. The lowest BCUT2D eigenvalue weighted by Crippen LogP contribution is -2.22. The van der Waals surface area contributed by atoms with Crippen molar-refractivity contribution in [1.82, 2.24) is 0 Å². The monoisotopic (exact) mass is 253 g/mol. The van der Waals surface area contributed by atoms with Crippen molar-refractivity contribution in [2.45, 2.75) is 52.6 Å². The smallest absolute Gasteiger partial charge is 0.348 e. The van der Waals surface area contributed by atoms with Gasteiger partial charge in [0, 0.05) is 6.61 Å². The molecule has 0 spiro atoms. The van der Waals surface area contributed by atoms with Gasteiger partial charge in [-0.2, -0.15) is 5.26 Å². The first-order chi connectivity index (χ1) is 8.69. The molecule has 1 atom stereocenters. The lowest BCUT2D eigenvalue weighted by atomic mass is 10.2. The van der Waals surface area contributed by atoms with E-state index in [1.807, 2.05) is 19.9 Å². The molecule has 0 bridgehead atoms. The molecule has 0 rings (SSSR count). The van der Waals surface area contributed by atoms with Crippen LogP contribution in [-0.2, 0) is 14.3 Å². The number of allylic oxidation sites excluding steroid dienone is 1. The van der Waals surface area contributed by atoms with Crippen molar-refractivity contribution in [3.05, 3.63) is 11.6 Å². The van der Waals surface area contributed by atoms with E-state index in [-0.39, 0.29) is 18.3 Å². The van der Waals surface area contributed by atoms with E-state index in [1.54, 1.807) is 6.08 Å². The molecule has 0 N–H and O–H groups in total. The second kappa shape index (κ2) is 10.8. The third-order valence-electron chi connectivity index (χ3n) is 2.50. The van der Waals surface area contributed by atoms with Crippen molar-refractivity contribution >= 4 is 5.97 Å². The van der Waals surface area contributed by atoms with Crippen molar-refractivity contribution in [2.24, 2.45) is 0 Å². The molecule has 0 heterocycles. The Morgan fingerprint density at radius 2 is 2.11 bits per heavy atom. The molecule has 0 aromatic rings. The minimum absolute atomic E-state index is 0.0884. The van der Waals surface area contributed by atoms with Crippen LogP contribution in [0.25, 0.3) is 0 Å². The molecule has 18 heavy (non-hydrogen) atoms. The van der Waals surface area contributed by atoms with Crippen molar-refractivity contribution in [2.75, 3.05) is 13.2 Å². The molecule has 0 aliphatic carbocycles. The van der Waals surface area contributed by atoms with Gasteiger partial charge in [-0.1, -0.05) is 32.8 Å². The summed E-state index contributed by atoms with van der Waals surface area (Å²) in [5, 5.41) is 8.87. The Bertz CT molecular complexity index is 305. The molecular weight excluding hydrogens is 230 g/mol. The van der Waals surface area contributed by atoms with E-state index in [0.29, 0.717) is 6.61 Å². The number of nitriles is 1. The zero-order valence-corrected chi connectivity index (χ0v) is 11.6. The van der Waals surface area contributed by atoms with Crippen molar-refractivity contribution in [1.29, 1.82) is 5.26 Å².